The van der Waals surface area contributed by atoms with Crippen LogP contribution in [-0.4, -0.2) is 30.3 Å². The molecule has 0 amide bonds. The summed E-state index contributed by atoms with van der Waals surface area (Å²) < 4.78 is 0. The quantitative estimate of drug-likeness (QED) is 0.511. The summed E-state index contributed by atoms with van der Waals surface area (Å²) in [5.74, 6) is 0.134. The number of hydrazone groups is 1. The van der Waals surface area contributed by atoms with E-state index >= 15 is 0 Å². The molecule has 0 saturated heterocycles. The molecule has 2 aromatic carbocycles. The molecule has 0 fully saturated rings. The van der Waals surface area contributed by atoms with Gasteiger partial charge >= 0.3 is 0 Å². The first kappa shape index (κ1) is 19.1. The van der Waals surface area contributed by atoms with Crippen LogP contribution in [-0.2, 0) is 0 Å². The van der Waals surface area contributed by atoms with E-state index in [1.54, 1.807) is 30.5 Å². The molecular formula is C20H17ClN6O. The normalized spacial score (nSPS) is 10.6. The molecule has 0 unspecified atom stereocenters. The van der Waals surface area contributed by atoms with Gasteiger partial charge in [0.1, 0.15) is 11.6 Å². The average molecular weight is 393 g/mol. The molecular weight excluding hydrogens is 376 g/mol. The second kappa shape index (κ2) is 8.37. The maximum Gasteiger partial charge on any atom is 0.270 e. The SMILES string of the molecule is CN(C)c1ccc(C=NNc2nc(-c3ccc(Cl)cc3)c(C#N)c(=O)[nH]2)cc1. The van der Waals surface area contributed by atoms with Crippen LogP contribution in [0.3, 0.4) is 0 Å². The number of nitriles is 1. The molecule has 0 spiro atoms. The van der Waals surface area contributed by atoms with Crippen LogP contribution in [0.25, 0.3) is 11.3 Å². The molecule has 0 aliphatic rings. The van der Waals surface area contributed by atoms with Crippen molar-refractivity contribution in [3.05, 3.63) is 75.0 Å². The van der Waals surface area contributed by atoms with Crippen LogP contribution in [0, 0.1) is 11.3 Å². The molecule has 3 aromatic rings. The smallest absolute Gasteiger partial charge is 0.270 e. The molecule has 0 aliphatic heterocycles. The molecule has 3 rings (SSSR count). The molecule has 0 atom stereocenters. The first-order chi connectivity index (χ1) is 13.5. The number of H-pyrrole nitrogens is 1. The first-order valence-corrected chi connectivity index (χ1v) is 8.72. The summed E-state index contributed by atoms with van der Waals surface area (Å²) in [7, 11) is 3.94. The lowest BCUT2D eigenvalue weighted by Crippen LogP contribution is -2.16. The Labute approximate surface area is 166 Å². The standard InChI is InChI=1S/C20H17ClN6O/c1-27(2)16-9-3-13(4-10-16)12-23-26-20-24-18(17(11-22)19(28)25-20)14-5-7-15(21)8-6-14/h3-10,12H,1-2H3,(H2,24,25,26,28). The van der Waals surface area contributed by atoms with Crippen molar-refractivity contribution in [2.45, 2.75) is 0 Å². The van der Waals surface area contributed by atoms with E-state index < -0.39 is 5.56 Å². The van der Waals surface area contributed by atoms with Gasteiger partial charge < -0.3 is 4.90 Å². The minimum Gasteiger partial charge on any atom is -0.378 e. The van der Waals surface area contributed by atoms with Gasteiger partial charge in [-0.15, -0.1) is 0 Å². The Balaban J connectivity index is 1.85. The Morgan fingerprint density at radius 3 is 2.46 bits per heavy atom. The fraction of sp³-hybridized carbons (Fsp3) is 0.100. The van der Waals surface area contributed by atoms with Crippen LogP contribution >= 0.6 is 11.6 Å². The number of nitrogens with zero attached hydrogens (tertiary/aromatic N) is 4. The van der Waals surface area contributed by atoms with E-state index in [1.165, 1.54) is 0 Å². The van der Waals surface area contributed by atoms with Crippen LogP contribution in [0.4, 0.5) is 11.6 Å². The number of aromatic amines is 1. The minimum atomic E-state index is -0.546. The van der Waals surface area contributed by atoms with E-state index in [1.807, 2.05) is 49.3 Å². The summed E-state index contributed by atoms with van der Waals surface area (Å²) in [6.07, 6.45) is 1.61. The number of hydrogen-bond acceptors (Lipinski definition) is 6. The summed E-state index contributed by atoms with van der Waals surface area (Å²) in [5.41, 5.74) is 4.91. The number of aromatic nitrogens is 2. The predicted molar refractivity (Wildman–Crippen MR) is 112 cm³/mol. The summed E-state index contributed by atoms with van der Waals surface area (Å²) in [4.78, 5) is 21.1. The first-order valence-electron chi connectivity index (χ1n) is 8.35. The van der Waals surface area contributed by atoms with E-state index in [2.05, 4.69) is 20.5 Å². The van der Waals surface area contributed by atoms with Gasteiger partial charge in [-0.25, -0.2) is 10.4 Å². The van der Waals surface area contributed by atoms with Crippen molar-refractivity contribution in [3.63, 3.8) is 0 Å². The van der Waals surface area contributed by atoms with E-state index in [-0.39, 0.29) is 17.2 Å². The van der Waals surface area contributed by atoms with Crippen molar-refractivity contribution in [1.82, 2.24) is 9.97 Å². The Bertz CT molecular complexity index is 1100. The molecule has 0 bridgehead atoms. The second-order valence-corrected chi connectivity index (χ2v) is 6.55. The molecule has 0 saturated carbocycles. The summed E-state index contributed by atoms with van der Waals surface area (Å²) >= 11 is 5.90. The molecule has 7 nitrogen and oxygen atoms in total. The van der Waals surface area contributed by atoms with Gasteiger partial charge in [-0.1, -0.05) is 35.9 Å². The minimum absolute atomic E-state index is 0.0730. The van der Waals surface area contributed by atoms with Crippen LogP contribution in [0.2, 0.25) is 5.02 Å². The highest BCUT2D eigenvalue weighted by Crippen LogP contribution is 2.22. The van der Waals surface area contributed by atoms with E-state index in [0.29, 0.717) is 10.6 Å². The largest absolute Gasteiger partial charge is 0.378 e. The number of nitrogens with one attached hydrogen (secondary N) is 2. The number of hydrogen-bond donors (Lipinski definition) is 2. The zero-order chi connectivity index (χ0) is 20.1. The summed E-state index contributed by atoms with van der Waals surface area (Å²) in [6, 6.07) is 16.4. The Morgan fingerprint density at radius 1 is 1.18 bits per heavy atom. The molecule has 2 N–H and O–H groups in total. The van der Waals surface area contributed by atoms with Crippen molar-refractivity contribution < 1.29 is 0 Å². The maximum atomic E-state index is 12.2. The molecule has 140 valence electrons. The van der Waals surface area contributed by atoms with Crippen LogP contribution in [0.15, 0.2) is 58.4 Å². The Morgan fingerprint density at radius 2 is 1.86 bits per heavy atom. The third-order valence-corrected chi connectivity index (χ3v) is 4.19. The fourth-order valence-electron chi connectivity index (χ4n) is 2.47. The lowest BCUT2D eigenvalue weighted by Gasteiger charge is -2.11. The fourth-order valence-corrected chi connectivity index (χ4v) is 2.60. The second-order valence-electron chi connectivity index (χ2n) is 6.11. The van der Waals surface area contributed by atoms with E-state index in [9.17, 15) is 10.1 Å². The summed E-state index contributed by atoms with van der Waals surface area (Å²) in [6.45, 7) is 0. The number of benzene rings is 2. The number of anilines is 2. The van der Waals surface area contributed by atoms with Gasteiger partial charge in [0.25, 0.3) is 5.56 Å². The monoisotopic (exact) mass is 392 g/mol. The van der Waals surface area contributed by atoms with Gasteiger partial charge in [0.15, 0.2) is 0 Å². The van der Waals surface area contributed by atoms with Gasteiger partial charge in [0.2, 0.25) is 5.95 Å². The van der Waals surface area contributed by atoms with Crippen LogP contribution in [0.5, 0.6) is 0 Å². The lowest BCUT2D eigenvalue weighted by atomic mass is 10.1. The van der Waals surface area contributed by atoms with Gasteiger partial charge in [0, 0.05) is 30.4 Å². The summed E-state index contributed by atoms with van der Waals surface area (Å²) in [5, 5.41) is 14.0. The van der Waals surface area contributed by atoms with Crippen molar-refractivity contribution in [1.29, 1.82) is 5.26 Å². The Hall–Kier alpha value is -3.63. The molecule has 0 radical (unpaired) electrons. The van der Waals surface area contributed by atoms with Crippen molar-refractivity contribution in [3.8, 4) is 17.3 Å². The zero-order valence-corrected chi connectivity index (χ0v) is 16.0. The topological polar surface area (TPSA) is 97.2 Å². The maximum absolute atomic E-state index is 12.2. The van der Waals surface area contributed by atoms with Gasteiger partial charge in [0.05, 0.1) is 11.9 Å². The van der Waals surface area contributed by atoms with Gasteiger partial charge in [-0.05, 0) is 29.8 Å². The number of rotatable bonds is 5. The van der Waals surface area contributed by atoms with Crippen molar-refractivity contribution >= 4 is 29.5 Å². The third kappa shape index (κ3) is 4.37. The van der Waals surface area contributed by atoms with Crippen LogP contribution in [0.1, 0.15) is 11.1 Å². The van der Waals surface area contributed by atoms with Crippen LogP contribution < -0.4 is 15.9 Å². The van der Waals surface area contributed by atoms with Crippen molar-refractivity contribution in [2.75, 3.05) is 24.4 Å². The zero-order valence-electron chi connectivity index (χ0n) is 15.3. The molecule has 28 heavy (non-hydrogen) atoms. The van der Waals surface area contributed by atoms with E-state index in [0.717, 1.165) is 11.3 Å². The van der Waals surface area contributed by atoms with Gasteiger partial charge in [-0.3, -0.25) is 9.78 Å². The average Bonchev–Trinajstić information content (AvgIpc) is 2.68. The van der Waals surface area contributed by atoms with Gasteiger partial charge in [-0.2, -0.15) is 10.4 Å². The Kier molecular flexibility index (Phi) is 5.72. The molecule has 1 aromatic heterocycles. The molecule has 1 heterocycles. The lowest BCUT2D eigenvalue weighted by molar-refractivity contribution is 1.08. The molecule has 0 aliphatic carbocycles. The predicted octanol–water partition coefficient (Wildman–Crippen LogP) is 3.47. The third-order valence-electron chi connectivity index (χ3n) is 3.94. The highest BCUT2D eigenvalue weighted by molar-refractivity contribution is 6.30. The highest BCUT2D eigenvalue weighted by Gasteiger charge is 2.13. The number of halogens is 1. The van der Waals surface area contributed by atoms with Crippen molar-refractivity contribution in [2.24, 2.45) is 5.10 Å². The van der Waals surface area contributed by atoms with E-state index in [4.69, 9.17) is 11.6 Å². The molecule has 8 heteroatoms. The highest BCUT2D eigenvalue weighted by atomic mass is 35.5.